The van der Waals surface area contributed by atoms with Gasteiger partial charge in [0, 0.05) is 0 Å². The average molecular weight is 363 g/mol. The number of nitrogens with one attached hydrogen (secondary N) is 1. The first-order chi connectivity index (χ1) is 11.0. The van der Waals surface area contributed by atoms with Crippen LogP contribution in [0.25, 0.3) is 0 Å². The van der Waals surface area contributed by atoms with Gasteiger partial charge in [0.05, 0.1) is 21.7 Å². The summed E-state index contributed by atoms with van der Waals surface area (Å²) in [6.45, 7) is 0. The molecule has 0 aliphatic rings. The number of carboxylic acid groups (broad SMARTS) is 1. The van der Waals surface area contributed by atoms with Gasteiger partial charge in [-0.15, -0.1) is 0 Å². The monoisotopic (exact) mass is 363 g/mol. The molecule has 0 atom stereocenters. The first-order valence-corrected chi connectivity index (χ1v) is 7.72. The summed E-state index contributed by atoms with van der Waals surface area (Å²) >= 11 is 0. The molecule has 0 saturated heterocycles. The van der Waals surface area contributed by atoms with Crippen molar-refractivity contribution >= 4 is 21.7 Å². The molecule has 2 aromatic carbocycles. The Bertz CT molecular complexity index is 877. The molecule has 0 saturated carbocycles. The number of hydrogen-bond acceptors (Lipinski definition) is 3. The Morgan fingerprint density at radius 3 is 2.12 bits per heavy atom. The van der Waals surface area contributed by atoms with E-state index in [0.717, 1.165) is 18.2 Å². The number of aromatic carboxylic acids is 1. The van der Waals surface area contributed by atoms with Gasteiger partial charge in [0.15, 0.2) is 5.82 Å². The Morgan fingerprint density at radius 1 is 1.04 bits per heavy atom. The van der Waals surface area contributed by atoms with E-state index in [2.05, 4.69) is 0 Å². The number of sulfonamides is 1. The first kappa shape index (κ1) is 17.7. The minimum Gasteiger partial charge on any atom is -0.478 e. The third kappa shape index (κ3) is 3.65. The van der Waals surface area contributed by atoms with E-state index < -0.39 is 49.7 Å². The van der Waals surface area contributed by atoms with Crippen molar-refractivity contribution in [2.45, 2.75) is 11.1 Å². The highest BCUT2D eigenvalue weighted by molar-refractivity contribution is 7.92. The topological polar surface area (TPSA) is 83.5 Å². The van der Waals surface area contributed by atoms with Crippen LogP contribution in [0.3, 0.4) is 0 Å². The average Bonchev–Trinajstić information content (AvgIpc) is 2.48. The molecule has 2 N–H and O–H groups in total. The van der Waals surface area contributed by atoms with Gasteiger partial charge in [-0.3, -0.25) is 4.72 Å². The third-order valence-corrected chi connectivity index (χ3v) is 4.35. The van der Waals surface area contributed by atoms with Gasteiger partial charge in [-0.2, -0.15) is 13.2 Å². The maximum atomic E-state index is 13.9. The summed E-state index contributed by atoms with van der Waals surface area (Å²) < 4.78 is 77.3. The zero-order valence-electron chi connectivity index (χ0n) is 11.6. The van der Waals surface area contributed by atoms with Crippen molar-refractivity contribution in [1.29, 1.82) is 0 Å². The van der Waals surface area contributed by atoms with E-state index >= 15 is 0 Å². The number of carbonyl (C=O) groups is 1. The molecule has 0 heterocycles. The first-order valence-electron chi connectivity index (χ1n) is 6.24. The number of halogens is 4. The van der Waals surface area contributed by atoms with Gasteiger partial charge in [0.1, 0.15) is 0 Å². The van der Waals surface area contributed by atoms with Crippen molar-refractivity contribution in [2.75, 3.05) is 4.72 Å². The molecule has 0 amide bonds. The van der Waals surface area contributed by atoms with Crippen LogP contribution in [-0.4, -0.2) is 19.5 Å². The number of anilines is 1. The summed E-state index contributed by atoms with van der Waals surface area (Å²) in [7, 11) is -4.39. The summed E-state index contributed by atoms with van der Waals surface area (Å²) in [4.78, 5) is 10.3. The molecule has 10 heteroatoms. The van der Waals surface area contributed by atoms with Crippen molar-refractivity contribution < 1.29 is 35.9 Å². The summed E-state index contributed by atoms with van der Waals surface area (Å²) in [6, 6.07) is 5.61. The van der Waals surface area contributed by atoms with Gasteiger partial charge < -0.3 is 5.11 Å². The van der Waals surface area contributed by atoms with E-state index in [4.69, 9.17) is 5.11 Å². The van der Waals surface area contributed by atoms with Crippen LogP contribution < -0.4 is 4.72 Å². The number of carboxylic acids is 1. The Labute approximate surface area is 133 Å². The lowest BCUT2D eigenvalue weighted by Gasteiger charge is -2.11. The second kappa shape index (κ2) is 6.11. The zero-order chi connectivity index (χ0) is 18.1. The lowest BCUT2D eigenvalue weighted by Crippen LogP contribution is -2.15. The standard InChI is InChI=1S/C14H9F4NO4S/c15-12-10(13(20)21)2-1-3-11(12)19-24(22,23)9-6-4-8(5-7-9)14(16,17)18/h1-7,19H,(H,20,21). The molecule has 0 radical (unpaired) electrons. The summed E-state index contributed by atoms with van der Waals surface area (Å²) in [5.74, 6) is -2.90. The van der Waals surface area contributed by atoms with Gasteiger partial charge in [0.2, 0.25) is 0 Å². The fraction of sp³-hybridized carbons (Fsp3) is 0.0714. The number of hydrogen-bond donors (Lipinski definition) is 2. The molecule has 0 aromatic heterocycles. The minimum atomic E-state index is -4.63. The Balaban J connectivity index is 2.36. The molecule has 0 fully saturated rings. The van der Waals surface area contributed by atoms with Gasteiger partial charge in [0.25, 0.3) is 10.0 Å². The van der Waals surface area contributed by atoms with Crippen molar-refractivity contribution in [3.8, 4) is 0 Å². The highest BCUT2D eigenvalue weighted by Crippen LogP contribution is 2.30. The molecule has 0 aliphatic heterocycles. The van der Waals surface area contributed by atoms with E-state index in [0.29, 0.717) is 24.3 Å². The normalized spacial score (nSPS) is 12.0. The number of alkyl halides is 3. The minimum absolute atomic E-state index is 0.532. The van der Waals surface area contributed by atoms with E-state index in [1.54, 1.807) is 0 Å². The molecule has 2 aromatic rings. The van der Waals surface area contributed by atoms with Crippen LogP contribution >= 0.6 is 0 Å². The smallest absolute Gasteiger partial charge is 0.416 e. The fourth-order valence-electron chi connectivity index (χ4n) is 1.80. The Morgan fingerprint density at radius 2 is 1.62 bits per heavy atom. The molecular formula is C14H9F4NO4S. The van der Waals surface area contributed by atoms with Crippen LogP contribution in [0.2, 0.25) is 0 Å². The molecule has 24 heavy (non-hydrogen) atoms. The van der Waals surface area contributed by atoms with Gasteiger partial charge >= 0.3 is 12.1 Å². The van der Waals surface area contributed by atoms with E-state index in [1.165, 1.54) is 0 Å². The van der Waals surface area contributed by atoms with Gasteiger partial charge in [-0.25, -0.2) is 17.6 Å². The second-order valence-corrected chi connectivity index (χ2v) is 6.28. The van der Waals surface area contributed by atoms with Crippen LogP contribution in [0, 0.1) is 5.82 Å². The van der Waals surface area contributed by atoms with Crippen LogP contribution in [-0.2, 0) is 16.2 Å². The molecule has 2 rings (SSSR count). The lowest BCUT2D eigenvalue weighted by molar-refractivity contribution is -0.137. The van der Waals surface area contributed by atoms with Crippen LogP contribution in [0.1, 0.15) is 15.9 Å². The molecule has 0 aliphatic carbocycles. The largest absolute Gasteiger partial charge is 0.478 e. The molecule has 0 spiro atoms. The van der Waals surface area contributed by atoms with E-state index in [9.17, 15) is 30.8 Å². The lowest BCUT2D eigenvalue weighted by atomic mass is 10.2. The number of rotatable bonds is 4. The predicted octanol–water partition coefficient (Wildman–Crippen LogP) is 3.34. The van der Waals surface area contributed by atoms with Crippen molar-refractivity contribution in [1.82, 2.24) is 0 Å². The summed E-state index contributed by atoms with van der Waals surface area (Å²) in [5, 5.41) is 8.79. The molecule has 128 valence electrons. The maximum Gasteiger partial charge on any atom is 0.416 e. The Hall–Kier alpha value is -2.62. The molecular weight excluding hydrogens is 354 g/mol. The molecule has 5 nitrogen and oxygen atoms in total. The quantitative estimate of drug-likeness (QED) is 0.816. The van der Waals surface area contributed by atoms with Crippen LogP contribution in [0.15, 0.2) is 47.4 Å². The van der Waals surface area contributed by atoms with E-state index in [-0.39, 0.29) is 0 Å². The fourth-order valence-corrected chi connectivity index (χ4v) is 2.86. The van der Waals surface area contributed by atoms with Gasteiger partial charge in [-0.05, 0) is 36.4 Å². The summed E-state index contributed by atoms with van der Waals surface area (Å²) in [6.07, 6.45) is -4.63. The van der Waals surface area contributed by atoms with Crippen molar-refractivity contribution in [2.24, 2.45) is 0 Å². The van der Waals surface area contributed by atoms with Crippen LogP contribution in [0.4, 0.5) is 23.2 Å². The zero-order valence-corrected chi connectivity index (χ0v) is 12.5. The van der Waals surface area contributed by atoms with Crippen LogP contribution in [0.5, 0.6) is 0 Å². The van der Waals surface area contributed by atoms with E-state index in [1.807, 2.05) is 4.72 Å². The maximum absolute atomic E-state index is 13.9. The summed E-state index contributed by atoms with van der Waals surface area (Å²) in [5.41, 5.74) is -2.42. The van der Waals surface area contributed by atoms with Crippen molar-refractivity contribution in [3.05, 3.63) is 59.4 Å². The highest BCUT2D eigenvalue weighted by atomic mass is 32.2. The SMILES string of the molecule is O=C(O)c1cccc(NS(=O)(=O)c2ccc(C(F)(F)F)cc2)c1F. The predicted molar refractivity (Wildman–Crippen MR) is 75.6 cm³/mol. The highest BCUT2D eigenvalue weighted by Gasteiger charge is 2.30. The second-order valence-electron chi connectivity index (χ2n) is 4.60. The number of benzene rings is 2. The third-order valence-electron chi connectivity index (χ3n) is 2.97. The van der Waals surface area contributed by atoms with Gasteiger partial charge in [-0.1, -0.05) is 6.07 Å². The molecule has 0 unspecified atom stereocenters. The van der Waals surface area contributed by atoms with Crippen molar-refractivity contribution in [3.63, 3.8) is 0 Å². The molecule has 0 bridgehead atoms. The Kier molecular flexibility index (Phi) is 4.52.